The third-order valence-corrected chi connectivity index (χ3v) is 7.14. The normalized spacial score (nSPS) is 26.0. The number of amides is 3. The summed E-state index contributed by atoms with van der Waals surface area (Å²) in [5, 5.41) is 7.48. The maximum absolute atomic E-state index is 12.8. The molecule has 142 valence electrons. The Morgan fingerprint density at radius 2 is 1.92 bits per heavy atom. The van der Waals surface area contributed by atoms with Crippen molar-refractivity contribution in [3.8, 4) is 0 Å². The lowest BCUT2D eigenvalue weighted by Gasteiger charge is -2.16. The summed E-state index contributed by atoms with van der Waals surface area (Å²) in [5.41, 5.74) is 0.812. The van der Waals surface area contributed by atoms with Crippen LogP contribution in [-0.2, 0) is 21.2 Å². The number of urea groups is 1. The molecule has 3 atom stereocenters. The van der Waals surface area contributed by atoms with Gasteiger partial charge in [-0.3, -0.25) is 4.79 Å². The summed E-state index contributed by atoms with van der Waals surface area (Å²) < 4.78 is 37.2. The zero-order valence-electron chi connectivity index (χ0n) is 14.2. The SMILES string of the molecule is O=C(CCCC[C@@H]1[C@@H]2NC(=O)N[C@@H]2CS1(=O)=O)NCc1ccc(F)cc1. The molecule has 2 aliphatic rings. The summed E-state index contributed by atoms with van der Waals surface area (Å²) in [5.74, 6) is -0.477. The van der Waals surface area contributed by atoms with E-state index in [1.807, 2.05) is 0 Å². The number of halogens is 1. The molecule has 2 saturated heterocycles. The highest BCUT2D eigenvalue weighted by molar-refractivity contribution is 7.92. The van der Waals surface area contributed by atoms with Crippen molar-refractivity contribution in [1.29, 1.82) is 0 Å². The van der Waals surface area contributed by atoms with Gasteiger partial charge in [0.2, 0.25) is 5.91 Å². The van der Waals surface area contributed by atoms with Crippen LogP contribution in [0.1, 0.15) is 31.2 Å². The predicted molar refractivity (Wildman–Crippen MR) is 93.5 cm³/mol. The second-order valence-corrected chi connectivity index (χ2v) is 9.03. The van der Waals surface area contributed by atoms with E-state index >= 15 is 0 Å². The van der Waals surface area contributed by atoms with Crippen molar-refractivity contribution in [2.24, 2.45) is 0 Å². The molecule has 0 bridgehead atoms. The van der Waals surface area contributed by atoms with Gasteiger partial charge in [-0.2, -0.15) is 0 Å². The van der Waals surface area contributed by atoms with Crippen LogP contribution in [0.2, 0.25) is 0 Å². The summed E-state index contributed by atoms with van der Waals surface area (Å²) in [6, 6.07) is 4.86. The van der Waals surface area contributed by atoms with E-state index in [-0.39, 0.29) is 35.6 Å². The molecular formula is C17H22FN3O4S. The van der Waals surface area contributed by atoms with Gasteiger partial charge in [-0.05, 0) is 30.5 Å². The molecule has 1 aromatic carbocycles. The summed E-state index contributed by atoms with van der Waals surface area (Å²) in [6.07, 6.45) is 1.89. The summed E-state index contributed by atoms with van der Waals surface area (Å²) in [4.78, 5) is 23.2. The van der Waals surface area contributed by atoms with E-state index in [9.17, 15) is 22.4 Å². The van der Waals surface area contributed by atoms with Crippen LogP contribution in [0.3, 0.4) is 0 Å². The van der Waals surface area contributed by atoms with Crippen molar-refractivity contribution < 1.29 is 22.4 Å². The molecule has 0 radical (unpaired) electrons. The Morgan fingerprint density at radius 1 is 1.19 bits per heavy atom. The minimum atomic E-state index is -3.23. The van der Waals surface area contributed by atoms with E-state index in [4.69, 9.17) is 0 Å². The third-order valence-electron chi connectivity index (χ3n) is 4.87. The van der Waals surface area contributed by atoms with Crippen LogP contribution < -0.4 is 16.0 Å². The van der Waals surface area contributed by atoms with Crippen molar-refractivity contribution >= 4 is 21.8 Å². The molecular weight excluding hydrogens is 361 g/mol. The summed E-state index contributed by atoms with van der Waals surface area (Å²) in [7, 11) is -3.23. The molecule has 0 aromatic heterocycles. The lowest BCUT2D eigenvalue weighted by atomic mass is 10.0. The molecule has 7 nitrogen and oxygen atoms in total. The van der Waals surface area contributed by atoms with Gasteiger partial charge in [-0.25, -0.2) is 17.6 Å². The number of hydrogen-bond acceptors (Lipinski definition) is 4. The van der Waals surface area contributed by atoms with Gasteiger partial charge in [0.1, 0.15) is 5.82 Å². The van der Waals surface area contributed by atoms with Crippen molar-refractivity contribution in [1.82, 2.24) is 16.0 Å². The van der Waals surface area contributed by atoms with Crippen LogP contribution in [0.5, 0.6) is 0 Å². The molecule has 2 aliphatic heterocycles. The quantitative estimate of drug-likeness (QED) is 0.480. The van der Waals surface area contributed by atoms with Crippen LogP contribution in [0.4, 0.5) is 9.18 Å². The highest BCUT2D eigenvalue weighted by atomic mass is 32.2. The van der Waals surface area contributed by atoms with Crippen LogP contribution in [0, 0.1) is 5.82 Å². The largest absolute Gasteiger partial charge is 0.352 e. The molecule has 2 fully saturated rings. The van der Waals surface area contributed by atoms with Crippen molar-refractivity contribution in [2.75, 3.05) is 5.75 Å². The fourth-order valence-electron chi connectivity index (χ4n) is 3.53. The molecule has 0 aliphatic carbocycles. The number of fused-ring (bicyclic) bond motifs is 1. The Morgan fingerprint density at radius 3 is 2.65 bits per heavy atom. The number of rotatable bonds is 7. The van der Waals surface area contributed by atoms with Gasteiger partial charge in [0.25, 0.3) is 0 Å². The van der Waals surface area contributed by atoms with E-state index < -0.39 is 15.1 Å². The minimum Gasteiger partial charge on any atom is -0.352 e. The third kappa shape index (κ3) is 4.32. The maximum atomic E-state index is 12.8. The number of hydrogen-bond donors (Lipinski definition) is 3. The van der Waals surface area contributed by atoms with Crippen molar-refractivity contribution in [3.05, 3.63) is 35.6 Å². The molecule has 0 spiro atoms. The Balaban J connectivity index is 1.39. The first-order valence-corrected chi connectivity index (χ1v) is 10.4. The van der Waals surface area contributed by atoms with Gasteiger partial charge < -0.3 is 16.0 Å². The molecule has 3 rings (SSSR count). The lowest BCUT2D eigenvalue weighted by molar-refractivity contribution is -0.121. The van der Waals surface area contributed by atoms with Gasteiger partial charge in [0.05, 0.1) is 23.1 Å². The molecule has 0 unspecified atom stereocenters. The number of unbranched alkanes of at least 4 members (excludes halogenated alkanes) is 1. The Kier molecular flexibility index (Phi) is 5.45. The molecule has 1 aromatic rings. The number of sulfone groups is 1. The molecule has 3 N–H and O–H groups in total. The van der Waals surface area contributed by atoms with Crippen LogP contribution in [0.25, 0.3) is 0 Å². The average molecular weight is 383 g/mol. The van der Waals surface area contributed by atoms with E-state index in [2.05, 4.69) is 16.0 Å². The van der Waals surface area contributed by atoms with E-state index in [1.165, 1.54) is 12.1 Å². The number of carbonyl (C=O) groups is 2. The van der Waals surface area contributed by atoms with Gasteiger partial charge in [-0.15, -0.1) is 0 Å². The molecule has 3 amide bonds. The van der Waals surface area contributed by atoms with Crippen LogP contribution >= 0.6 is 0 Å². The molecule has 2 heterocycles. The highest BCUT2D eigenvalue weighted by Crippen LogP contribution is 2.28. The number of carbonyl (C=O) groups excluding carboxylic acids is 2. The van der Waals surface area contributed by atoms with Gasteiger partial charge in [0.15, 0.2) is 9.84 Å². The molecule has 0 saturated carbocycles. The first-order chi connectivity index (χ1) is 12.3. The van der Waals surface area contributed by atoms with Gasteiger partial charge in [0, 0.05) is 13.0 Å². The Hall–Kier alpha value is -2.16. The monoisotopic (exact) mass is 383 g/mol. The van der Waals surface area contributed by atoms with Crippen LogP contribution in [0.15, 0.2) is 24.3 Å². The van der Waals surface area contributed by atoms with Crippen LogP contribution in [-0.4, -0.2) is 43.4 Å². The van der Waals surface area contributed by atoms with E-state index in [0.717, 1.165) is 5.56 Å². The second kappa shape index (κ2) is 7.61. The second-order valence-electron chi connectivity index (χ2n) is 6.77. The Labute approximate surface area is 151 Å². The zero-order valence-corrected chi connectivity index (χ0v) is 15.0. The topological polar surface area (TPSA) is 104 Å². The highest BCUT2D eigenvalue weighted by Gasteiger charge is 2.51. The summed E-state index contributed by atoms with van der Waals surface area (Å²) >= 11 is 0. The summed E-state index contributed by atoms with van der Waals surface area (Å²) in [6.45, 7) is 0.331. The molecule has 9 heteroatoms. The fourth-order valence-corrected chi connectivity index (χ4v) is 5.80. The maximum Gasteiger partial charge on any atom is 0.315 e. The zero-order chi connectivity index (χ0) is 18.7. The first kappa shape index (κ1) is 18.6. The smallest absolute Gasteiger partial charge is 0.315 e. The lowest BCUT2D eigenvalue weighted by Crippen LogP contribution is -2.39. The number of benzene rings is 1. The first-order valence-electron chi connectivity index (χ1n) is 8.65. The van der Waals surface area contributed by atoms with E-state index in [0.29, 0.717) is 32.2 Å². The van der Waals surface area contributed by atoms with E-state index in [1.54, 1.807) is 12.1 Å². The van der Waals surface area contributed by atoms with Crippen molar-refractivity contribution in [2.45, 2.75) is 49.6 Å². The minimum absolute atomic E-state index is 0.0285. The standard InChI is InChI=1S/C17H22FN3O4S/c18-12-7-5-11(6-8-12)9-19-15(22)4-2-1-3-14-16-13(10-26(14,24)25)20-17(23)21-16/h5-8,13-14,16H,1-4,9-10H2,(H,19,22)(H2,20,21,23)/t13-,14-,16-/m1/s1. The predicted octanol–water partition coefficient (Wildman–Crippen LogP) is 0.849. The number of nitrogens with one attached hydrogen (secondary N) is 3. The van der Waals surface area contributed by atoms with Crippen molar-refractivity contribution in [3.63, 3.8) is 0 Å². The van der Waals surface area contributed by atoms with Gasteiger partial charge >= 0.3 is 6.03 Å². The Bertz CT molecular complexity index is 782. The molecule has 26 heavy (non-hydrogen) atoms. The van der Waals surface area contributed by atoms with Gasteiger partial charge in [-0.1, -0.05) is 18.6 Å². The average Bonchev–Trinajstić information content (AvgIpc) is 3.03. The fraction of sp³-hybridized carbons (Fsp3) is 0.529.